The van der Waals surface area contributed by atoms with Gasteiger partial charge in [-0.3, -0.25) is 9.79 Å². The van der Waals surface area contributed by atoms with Gasteiger partial charge in [-0.2, -0.15) is 13.2 Å². The number of esters is 1. The van der Waals surface area contributed by atoms with E-state index in [1.54, 1.807) is 19.2 Å². The number of carbonyl (C=O) groups excluding carboxylic acids is 1. The second-order valence-electron chi connectivity index (χ2n) is 6.14. The van der Waals surface area contributed by atoms with Crippen LogP contribution in [0.15, 0.2) is 29.3 Å². The highest BCUT2D eigenvalue weighted by atomic mass is 19.4. The Morgan fingerprint density at radius 1 is 1.07 bits per heavy atom. The molecule has 0 heterocycles. The predicted octanol–water partition coefficient (Wildman–Crippen LogP) is 3.42. The number of carbonyl (C=O) groups is 1. The first-order valence-corrected chi connectivity index (χ1v) is 9.14. The van der Waals surface area contributed by atoms with Gasteiger partial charge in [0.05, 0.1) is 7.11 Å². The third kappa shape index (κ3) is 11.3. The molecule has 0 aliphatic rings. The number of methoxy groups -OCH3 is 1. The predicted molar refractivity (Wildman–Crippen MR) is 101 cm³/mol. The van der Waals surface area contributed by atoms with Crippen LogP contribution in [0.5, 0.6) is 5.75 Å². The number of hydrogen-bond acceptors (Lipinski definition) is 4. The molecule has 0 bridgehead atoms. The Balaban J connectivity index is 2.21. The van der Waals surface area contributed by atoms with Gasteiger partial charge in [0.15, 0.2) is 12.6 Å². The van der Waals surface area contributed by atoms with Crippen LogP contribution < -0.4 is 15.4 Å². The molecule has 0 aliphatic heterocycles. The first kappa shape index (κ1) is 23.6. The molecule has 0 aromatic heterocycles. The summed E-state index contributed by atoms with van der Waals surface area (Å²) in [6.45, 7) is -0.0652. The average Bonchev–Trinajstić information content (AvgIpc) is 2.67. The van der Waals surface area contributed by atoms with Gasteiger partial charge in [0.2, 0.25) is 0 Å². The second-order valence-corrected chi connectivity index (χ2v) is 6.14. The zero-order chi connectivity index (χ0) is 20.8. The number of hydrogen-bond donors (Lipinski definition) is 2. The van der Waals surface area contributed by atoms with E-state index >= 15 is 0 Å². The first-order chi connectivity index (χ1) is 13.3. The fourth-order valence-electron chi connectivity index (χ4n) is 2.33. The zero-order valence-corrected chi connectivity index (χ0v) is 16.3. The summed E-state index contributed by atoms with van der Waals surface area (Å²) in [6.07, 6.45) is -0.158. The highest BCUT2D eigenvalue weighted by Crippen LogP contribution is 2.18. The summed E-state index contributed by atoms with van der Waals surface area (Å²) in [7, 11) is 3.06. The van der Waals surface area contributed by atoms with Gasteiger partial charge in [-0.15, -0.1) is 0 Å². The van der Waals surface area contributed by atoms with Crippen molar-refractivity contribution in [2.45, 2.75) is 44.8 Å². The van der Waals surface area contributed by atoms with Gasteiger partial charge >= 0.3 is 12.1 Å². The van der Waals surface area contributed by atoms with Crippen LogP contribution in [0.25, 0.3) is 0 Å². The lowest BCUT2D eigenvalue weighted by atomic mass is 10.1. The minimum Gasteiger partial charge on any atom is -0.484 e. The molecule has 0 unspecified atom stereocenters. The molecule has 0 saturated heterocycles. The smallest absolute Gasteiger partial charge is 0.422 e. The van der Waals surface area contributed by atoms with E-state index in [1.165, 1.54) is 19.2 Å². The Hall–Kier alpha value is -2.45. The normalized spacial score (nSPS) is 11.8. The minimum absolute atomic E-state index is 0.177. The Morgan fingerprint density at radius 2 is 1.75 bits per heavy atom. The molecule has 0 atom stereocenters. The summed E-state index contributed by atoms with van der Waals surface area (Å²) < 4.78 is 45.7. The lowest BCUT2D eigenvalue weighted by Gasteiger charge is -2.13. The van der Waals surface area contributed by atoms with Gasteiger partial charge in [0, 0.05) is 26.6 Å². The Morgan fingerprint density at radius 3 is 2.36 bits per heavy atom. The van der Waals surface area contributed by atoms with E-state index in [4.69, 9.17) is 0 Å². The van der Waals surface area contributed by atoms with Crippen LogP contribution in [0.1, 0.15) is 37.7 Å². The topological polar surface area (TPSA) is 72.0 Å². The number of ether oxygens (including phenoxy) is 2. The third-order valence-corrected chi connectivity index (χ3v) is 3.84. The molecular formula is C19H28F3N3O3. The molecule has 0 amide bonds. The maximum Gasteiger partial charge on any atom is 0.422 e. The average molecular weight is 403 g/mol. The highest BCUT2D eigenvalue weighted by Gasteiger charge is 2.28. The van der Waals surface area contributed by atoms with E-state index in [9.17, 15) is 18.0 Å². The number of unbranched alkanes of at least 4 members (excludes halogenated alkanes) is 3. The standard InChI is InChI=1S/C19H28F3N3O3/c1-23-18(24-12-6-4-3-5-7-17(26)27-2)25-13-15-8-10-16(11-9-15)28-14-19(20,21)22/h8-11H,3-7,12-14H2,1-2H3,(H2,23,24,25). The van der Waals surface area contributed by atoms with E-state index in [2.05, 4.69) is 25.1 Å². The van der Waals surface area contributed by atoms with Crippen LogP contribution in [0.4, 0.5) is 13.2 Å². The maximum atomic E-state index is 12.1. The van der Waals surface area contributed by atoms with Crippen molar-refractivity contribution in [3.05, 3.63) is 29.8 Å². The Bertz CT molecular complexity index is 605. The van der Waals surface area contributed by atoms with Gasteiger partial charge in [0.25, 0.3) is 0 Å². The van der Waals surface area contributed by atoms with Crippen LogP contribution in [0.2, 0.25) is 0 Å². The lowest BCUT2D eigenvalue weighted by Crippen LogP contribution is -2.37. The van der Waals surface area contributed by atoms with Crippen LogP contribution >= 0.6 is 0 Å². The number of alkyl halides is 3. The third-order valence-electron chi connectivity index (χ3n) is 3.84. The number of halogens is 3. The SMILES string of the molecule is CN=C(NCCCCCCC(=O)OC)NCc1ccc(OCC(F)(F)F)cc1. The van der Waals surface area contributed by atoms with E-state index in [0.717, 1.165) is 37.8 Å². The van der Waals surface area contributed by atoms with Crippen molar-refractivity contribution in [2.75, 3.05) is 27.3 Å². The molecule has 1 rings (SSSR count). The quantitative estimate of drug-likeness (QED) is 0.256. The van der Waals surface area contributed by atoms with Crippen LogP contribution in [0, 0.1) is 0 Å². The second kappa shape index (κ2) is 12.9. The van der Waals surface area contributed by atoms with Crippen LogP contribution in [0.3, 0.4) is 0 Å². The van der Waals surface area contributed by atoms with Gasteiger partial charge in [-0.25, -0.2) is 0 Å². The number of nitrogens with zero attached hydrogens (tertiary/aromatic N) is 1. The van der Waals surface area contributed by atoms with Crippen molar-refractivity contribution in [1.82, 2.24) is 10.6 Å². The van der Waals surface area contributed by atoms with Crippen LogP contribution in [-0.4, -0.2) is 45.4 Å². The molecule has 0 radical (unpaired) electrons. The van der Waals surface area contributed by atoms with Crippen molar-refractivity contribution in [3.63, 3.8) is 0 Å². The fourth-order valence-corrected chi connectivity index (χ4v) is 2.33. The monoisotopic (exact) mass is 403 g/mol. The summed E-state index contributed by atoms with van der Waals surface area (Å²) >= 11 is 0. The molecule has 0 spiro atoms. The number of guanidine groups is 1. The molecule has 158 valence electrons. The summed E-state index contributed by atoms with van der Waals surface area (Å²) in [5.41, 5.74) is 0.894. The molecule has 1 aromatic rings. The summed E-state index contributed by atoms with van der Waals surface area (Å²) in [5, 5.41) is 6.34. The Labute approximate surface area is 163 Å². The molecule has 0 saturated carbocycles. The molecule has 28 heavy (non-hydrogen) atoms. The van der Waals surface area contributed by atoms with Crippen molar-refractivity contribution >= 4 is 11.9 Å². The Kier molecular flexibility index (Phi) is 10.8. The van der Waals surface area contributed by atoms with Crippen molar-refractivity contribution in [1.29, 1.82) is 0 Å². The van der Waals surface area contributed by atoms with Crippen molar-refractivity contribution in [2.24, 2.45) is 4.99 Å². The van der Waals surface area contributed by atoms with E-state index < -0.39 is 12.8 Å². The fraction of sp³-hybridized carbons (Fsp3) is 0.579. The molecule has 1 aromatic carbocycles. The van der Waals surface area contributed by atoms with E-state index in [-0.39, 0.29) is 11.7 Å². The summed E-state index contributed by atoms with van der Waals surface area (Å²) in [4.78, 5) is 15.1. The number of benzene rings is 1. The van der Waals surface area contributed by atoms with Gasteiger partial charge < -0.3 is 20.1 Å². The zero-order valence-electron chi connectivity index (χ0n) is 16.3. The number of nitrogens with one attached hydrogen (secondary N) is 2. The number of rotatable bonds is 11. The van der Waals surface area contributed by atoms with Crippen molar-refractivity contribution in [3.8, 4) is 5.75 Å². The summed E-state index contributed by atoms with van der Waals surface area (Å²) in [5.74, 6) is 0.644. The molecule has 9 heteroatoms. The molecule has 0 fully saturated rings. The summed E-state index contributed by atoms with van der Waals surface area (Å²) in [6, 6.07) is 6.42. The lowest BCUT2D eigenvalue weighted by molar-refractivity contribution is -0.153. The van der Waals surface area contributed by atoms with Gasteiger partial charge in [0.1, 0.15) is 5.75 Å². The molecular weight excluding hydrogens is 375 g/mol. The van der Waals surface area contributed by atoms with Crippen molar-refractivity contribution < 1.29 is 27.4 Å². The maximum absolute atomic E-state index is 12.1. The first-order valence-electron chi connectivity index (χ1n) is 9.14. The van der Waals surface area contributed by atoms with E-state index in [0.29, 0.717) is 18.9 Å². The molecule has 0 aliphatic carbocycles. The van der Waals surface area contributed by atoms with Crippen LogP contribution in [-0.2, 0) is 16.1 Å². The molecule has 2 N–H and O–H groups in total. The minimum atomic E-state index is -4.35. The largest absolute Gasteiger partial charge is 0.484 e. The number of aliphatic imine (C=N–C) groups is 1. The van der Waals surface area contributed by atoms with E-state index in [1.807, 2.05) is 0 Å². The van der Waals surface area contributed by atoms with Gasteiger partial charge in [-0.05, 0) is 30.5 Å². The van der Waals surface area contributed by atoms with Gasteiger partial charge in [-0.1, -0.05) is 25.0 Å². The highest BCUT2D eigenvalue weighted by molar-refractivity contribution is 5.79. The molecule has 6 nitrogen and oxygen atoms in total.